The molecule has 0 aliphatic heterocycles. The Morgan fingerprint density at radius 3 is 2.62 bits per heavy atom. The summed E-state index contributed by atoms with van der Waals surface area (Å²) < 4.78 is 5.54. The molecule has 0 N–H and O–H groups in total. The van der Waals surface area contributed by atoms with Crippen LogP contribution in [0.4, 0.5) is 0 Å². The minimum absolute atomic E-state index is 0.655. The molecule has 2 nitrogen and oxygen atoms in total. The van der Waals surface area contributed by atoms with Gasteiger partial charge in [0.2, 0.25) is 5.88 Å². The van der Waals surface area contributed by atoms with Gasteiger partial charge in [0.25, 0.3) is 0 Å². The van der Waals surface area contributed by atoms with E-state index in [0.717, 1.165) is 12.5 Å². The lowest BCUT2D eigenvalue weighted by molar-refractivity contribution is 0.232. The Balaban J connectivity index is 2.34. The van der Waals surface area contributed by atoms with E-state index in [1.807, 2.05) is 18.2 Å². The van der Waals surface area contributed by atoms with E-state index in [-0.39, 0.29) is 0 Å². The Morgan fingerprint density at radius 1 is 1.31 bits per heavy atom. The lowest BCUT2D eigenvalue weighted by atomic mass is 10.1. The van der Waals surface area contributed by atoms with Crippen LogP contribution in [-0.4, -0.2) is 11.6 Å². The van der Waals surface area contributed by atoms with Gasteiger partial charge in [0.1, 0.15) is 0 Å². The number of hydrogen-bond acceptors (Lipinski definition) is 2. The van der Waals surface area contributed by atoms with Crippen molar-refractivity contribution in [2.75, 3.05) is 6.61 Å². The molecular weight excluding hydrogens is 162 g/mol. The van der Waals surface area contributed by atoms with Gasteiger partial charge in [-0.15, -0.1) is 0 Å². The number of rotatable bonds is 5. The average molecular weight is 179 g/mol. The summed E-state index contributed by atoms with van der Waals surface area (Å²) >= 11 is 0. The number of nitrogens with zero attached hydrogens (tertiary/aromatic N) is 1. The van der Waals surface area contributed by atoms with Crippen molar-refractivity contribution in [1.29, 1.82) is 0 Å². The molecule has 0 radical (unpaired) electrons. The Hall–Kier alpha value is -1.05. The topological polar surface area (TPSA) is 22.1 Å². The molecule has 0 amide bonds. The normalized spacial score (nSPS) is 10.4. The summed E-state index contributed by atoms with van der Waals surface area (Å²) in [5, 5.41) is 0. The fraction of sp³-hybridized carbons (Fsp3) is 0.545. The van der Waals surface area contributed by atoms with Crippen LogP contribution in [0.3, 0.4) is 0 Å². The van der Waals surface area contributed by atoms with Gasteiger partial charge in [0.15, 0.2) is 0 Å². The smallest absolute Gasteiger partial charge is 0.213 e. The molecule has 0 saturated heterocycles. The van der Waals surface area contributed by atoms with Gasteiger partial charge in [-0.25, -0.2) is 4.98 Å². The van der Waals surface area contributed by atoms with Gasteiger partial charge < -0.3 is 4.74 Å². The van der Waals surface area contributed by atoms with Crippen LogP contribution >= 0.6 is 0 Å². The van der Waals surface area contributed by atoms with Crippen LogP contribution in [0.5, 0.6) is 5.88 Å². The zero-order valence-corrected chi connectivity index (χ0v) is 8.36. The monoisotopic (exact) mass is 179 g/mol. The first-order valence-corrected chi connectivity index (χ1v) is 4.90. The summed E-state index contributed by atoms with van der Waals surface area (Å²) in [4.78, 5) is 4.10. The molecule has 0 fully saturated rings. The van der Waals surface area contributed by atoms with Gasteiger partial charge in [-0.1, -0.05) is 32.8 Å². The number of aromatic nitrogens is 1. The fourth-order valence-corrected chi connectivity index (χ4v) is 1.16. The van der Waals surface area contributed by atoms with Crippen molar-refractivity contribution in [3.8, 4) is 5.88 Å². The third-order valence-electron chi connectivity index (χ3n) is 2.26. The second-order valence-electron chi connectivity index (χ2n) is 3.16. The van der Waals surface area contributed by atoms with Gasteiger partial charge >= 0.3 is 0 Å². The first-order chi connectivity index (χ1) is 6.36. The van der Waals surface area contributed by atoms with Gasteiger partial charge in [-0.2, -0.15) is 0 Å². The molecule has 0 aliphatic rings. The number of pyridine rings is 1. The molecule has 1 rings (SSSR count). The lowest BCUT2D eigenvalue weighted by Crippen LogP contribution is -2.10. The first-order valence-electron chi connectivity index (χ1n) is 4.90. The highest BCUT2D eigenvalue weighted by Gasteiger charge is 2.03. The van der Waals surface area contributed by atoms with E-state index in [9.17, 15) is 0 Å². The molecule has 0 saturated carbocycles. The highest BCUT2D eigenvalue weighted by Crippen LogP contribution is 2.10. The molecule has 13 heavy (non-hydrogen) atoms. The van der Waals surface area contributed by atoms with Crippen LogP contribution in [-0.2, 0) is 0 Å². The summed E-state index contributed by atoms with van der Waals surface area (Å²) in [6.07, 6.45) is 4.09. The van der Waals surface area contributed by atoms with E-state index < -0.39 is 0 Å². The van der Waals surface area contributed by atoms with Crippen molar-refractivity contribution in [3.05, 3.63) is 24.4 Å². The van der Waals surface area contributed by atoms with Crippen LogP contribution in [0.25, 0.3) is 0 Å². The van der Waals surface area contributed by atoms with Crippen molar-refractivity contribution in [2.45, 2.75) is 26.7 Å². The zero-order chi connectivity index (χ0) is 9.52. The van der Waals surface area contributed by atoms with Crippen LogP contribution in [0.1, 0.15) is 26.7 Å². The predicted molar refractivity (Wildman–Crippen MR) is 53.8 cm³/mol. The predicted octanol–water partition coefficient (Wildman–Crippen LogP) is 2.90. The standard InChI is InChI=1S/C11H17NO/c1-3-10(4-2)9-13-11-7-5-6-8-12-11/h5-8,10H,3-4,9H2,1-2H3. The van der Waals surface area contributed by atoms with E-state index in [0.29, 0.717) is 5.92 Å². The minimum Gasteiger partial charge on any atom is -0.477 e. The molecule has 1 aromatic heterocycles. The van der Waals surface area contributed by atoms with Gasteiger partial charge in [0, 0.05) is 12.3 Å². The maximum Gasteiger partial charge on any atom is 0.213 e. The molecular formula is C11H17NO. The van der Waals surface area contributed by atoms with E-state index in [4.69, 9.17) is 4.74 Å². The summed E-state index contributed by atoms with van der Waals surface area (Å²) in [5.74, 6) is 1.39. The van der Waals surface area contributed by atoms with Crippen molar-refractivity contribution in [1.82, 2.24) is 4.98 Å². The van der Waals surface area contributed by atoms with E-state index in [1.54, 1.807) is 6.20 Å². The van der Waals surface area contributed by atoms with Crippen LogP contribution in [0.15, 0.2) is 24.4 Å². The third-order valence-corrected chi connectivity index (χ3v) is 2.26. The number of ether oxygens (including phenoxy) is 1. The zero-order valence-electron chi connectivity index (χ0n) is 8.36. The summed E-state index contributed by atoms with van der Waals surface area (Å²) in [7, 11) is 0. The summed E-state index contributed by atoms with van der Waals surface area (Å²) in [6.45, 7) is 5.16. The molecule has 0 aromatic carbocycles. The Kier molecular flexibility index (Phi) is 4.30. The fourth-order valence-electron chi connectivity index (χ4n) is 1.16. The van der Waals surface area contributed by atoms with Crippen LogP contribution in [0.2, 0.25) is 0 Å². The maximum atomic E-state index is 5.54. The second kappa shape index (κ2) is 5.57. The molecule has 0 bridgehead atoms. The molecule has 0 aliphatic carbocycles. The van der Waals surface area contributed by atoms with Crippen molar-refractivity contribution >= 4 is 0 Å². The summed E-state index contributed by atoms with van der Waals surface area (Å²) in [5.41, 5.74) is 0. The van der Waals surface area contributed by atoms with E-state index in [1.165, 1.54) is 12.8 Å². The highest BCUT2D eigenvalue weighted by molar-refractivity contribution is 5.08. The molecule has 0 spiro atoms. The number of hydrogen-bond donors (Lipinski definition) is 0. The summed E-state index contributed by atoms with van der Waals surface area (Å²) in [6, 6.07) is 5.72. The molecule has 72 valence electrons. The molecule has 0 atom stereocenters. The second-order valence-corrected chi connectivity index (χ2v) is 3.16. The SMILES string of the molecule is CCC(CC)COc1ccccn1. The highest BCUT2D eigenvalue weighted by atomic mass is 16.5. The van der Waals surface area contributed by atoms with E-state index in [2.05, 4.69) is 18.8 Å². The Bertz CT molecular complexity index is 219. The lowest BCUT2D eigenvalue weighted by Gasteiger charge is -2.12. The van der Waals surface area contributed by atoms with E-state index >= 15 is 0 Å². The minimum atomic E-state index is 0.655. The molecule has 1 heterocycles. The molecule has 2 heteroatoms. The quantitative estimate of drug-likeness (QED) is 0.693. The van der Waals surface area contributed by atoms with Crippen LogP contribution in [0, 0.1) is 5.92 Å². The van der Waals surface area contributed by atoms with Crippen molar-refractivity contribution in [3.63, 3.8) is 0 Å². The van der Waals surface area contributed by atoms with Crippen molar-refractivity contribution in [2.24, 2.45) is 5.92 Å². The largest absolute Gasteiger partial charge is 0.477 e. The van der Waals surface area contributed by atoms with Crippen molar-refractivity contribution < 1.29 is 4.74 Å². The third kappa shape index (κ3) is 3.45. The van der Waals surface area contributed by atoms with Gasteiger partial charge in [0.05, 0.1) is 6.61 Å². The molecule has 0 unspecified atom stereocenters. The molecule has 1 aromatic rings. The van der Waals surface area contributed by atoms with Crippen LogP contribution < -0.4 is 4.74 Å². The van der Waals surface area contributed by atoms with Gasteiger partial charge in [-0.3, -0.25) is 0 Å². The maximum absolute atomic E-state index is 5.54. The average Bonchev–Trinajstić information content (AvgIpc) is 2.21. The van der Waals surface area contributed by atoms with Gasteiger partial charge in [-0.05, 0) is 12.0 Å². The first kappa shape index (κ1) is 10.0. The Labute approximate surface area is 80.0 Å². The Morgan fingerprint density at radius 2 is 2.08 bits per heavy atom.